The molecule has 0 N–H and O–H groups in total. The number of halogens is 3. The summed E-state index contributed by atoms with van der Waals surface area (Å²) in [7, 11) is 3.49. The first-order valence-corrected chi connectivity index (χ1v) is 13.7. The Kier molecular flexibility index (Phi) is 15.3. The number of carbonyl (C=O) groups is 2. The first-order valence-electron chi connectivity index (χ1n) is 13.7. The maximum absolute atomic E-state index is 13.4. The highest BCUT2D eigenvalue weighted by atomic mass is 35.5. The van der Waals surface area contributed by atoms with Gasteiger partial charge in [0.2, 0.25) is 11.8 Å². The van der Waals surface area contributed by atoms with Gasteiger partial charge >= 0.3 is 0 Å². The lowest BCUT2D eigenvalue weighted by molar-refractivity contribution is -0.140. The monoisotopic (exact) mass is 637 g/mol. The number of hydrogen-bond donors (Lipinski definition) is 0. The Bertz CT molecular complexity index is 1260. The van der Waals surface area contributed by atoms with E-state index in [0.29, 0.717) is 36.6 Å². The predicted molar refractivity (Wildman–Crippen MR) is 176 cm³/mol. The number of nitrogens with zero attached hydrogens (tertiary/aromatic N) is 5. The highest BCUT2D eigenvalue weighted by Crippen LogP contribution is 2.42. The number of aromatic nitrogens is 2. The van der Waals surface area contributed by atoms with Crippen LogP contribution in [0.4, 0.5) is 11.4 Å². The van der Waals surface area contributed by atoms with Gasteiger partial charge in [0.15, 0.2) is 0 Å². The van der Waals surface area contributed by atoms with Gasteiger partial charge in [-0.05, 0) is 67.1 Å². The molecular weight excluding hydrogens is 597 g/mol. The average molecular weight is 639 g/mol. The smallest absolute Gasteiger partial charge is 0.242 e. The summed E-state index contributed by atoms with van der Waals surface area (Å²) >= 11 is 0. The van der Waals surface area contributed by atoms with Crippen molar-refractivity contribution in [1.82, 2.24) is 14.9 Å². The Hall–Kier alpha value is -2.91. The fourth-order valence-corrected chi connectivity index (χ4v) is 5.28. The van der Waals surface area contributed by atoms with E-state index in [1.165, 1.54) is 11.1 Å². The van der Waals surface area contributed by atoms with Crippen molar-refractivity contribution in [3.8, 4) is 5.75 Å². The molecule has 0 aliphatic carbocycles. The summed E-state index contributed by atoms with van der Waals surface area (Å²) in [6, 6.07) is 13.8. The van der Waals surface area contributed by atoms with E-state index in [0.717, 1.165) is 32.5 Å². The van der Waals surface area contributed by atoms with Gasteiger partial charge in [-0.2, -0.15) is 0 Å². The van der Waals surface area contributed by atoms with Gasteiger partial charge in [-0.1, -0.05) is 19.9 Å². The predicted octanol–water partition coefficient (Wildman–Crippen LogP) is 6.00. The lowest BCUT2D eigenvalue weighted by Gasteiger charge is -2.31. The molecule has 2 amide bonds. The summed E-state index contributed by atoms with van der Waals surface area (Å²) in [6.45, 7) is 6.97. The van der Waals surface area contributed by atoms with E-state index < -0.39 is 5.41 Å². The summed E-state index contributed by atoms with van der Waals surface area (Å²) in [5, 5.41) is 0. The standard InChI is InChI=1S/C31H39N5O3.3ClH/c1-5-31(6-2)29(37)34(3)27-11-10-26(21-28(27)35(4)30(31)38)39-20-8-18-36(23-25-12-16-32-17-13-25)19-14-24-9-7-15-33-22-24;;;/h7,9-13,15-17,21-22H,5-6,8,14,18-20,23H2,1-4H3;3*1H. The number of carbonyl (C=O) groups excluding carboxylic acids is 2. The lowest BCUT2D eigenvalue weighted by Crippen LogP contribution is -2.49. The van der Waals surface area contributed by atoms with Crippen molar-refractivity contribution in [2.45, 2.75) is 46.1 Å². The number of ether oxygens (including phenoxy) is 1. The van der Waals surface area contributed by atoms with Crippen LogP contribution in [0.3, 0.4) is 0 Å². The van der Waals surface area contributed by atoms with Gasteiger partial charge in [-0.3, -0.25) is 24.5 Å². The normalized spacial score (nSPS) is 13.8. The molecule has 0 atom stereocenters. The molecule has 42 heavy (non-hydrogen) atoms. The van der Waals surface area contributed by atoms with Crippen LogP contribution in [0.5, 0.6) is 5.75 Å². The van der Waals surface area contributed by atoms with Gasteiger partial charge < -0.3 is 14.5 Å². The number of rotatable bonds is 12. The van der Waals surface area contributed by atoms with Crippen LogP contribution in [0.15, 0.2) is 67.3 Å². The van der Waals surface area contributed by atoms with Gasteiger partial charge in [-0.15, -0.1) is 37.2 Å². The number of hydrogen-bond acceptors (Lipinski definition) is 6. The van der Waals surface area contributed by atoms with Gasteiger partial charge in [0.1, 0.15) is 11.2 Å². The van der Waals surface area contributed by atoms with Crippen LogP contribution in [0, 0.1) is 5.41 Å². The molecule has 0 unspecified atom stereocenters. The Morgan fingerprint density at radius 1 is 0.810 bits per heavy atom. The van der Waals surface area contributed by atoms with Crippen molar-refractivity contribution in [2.75, 3.05) is 43.6 Å². The average Bonchev–Trinajstić information content (AvgIpc) is 3.03. The molecule has 3 heterocycles. The number of amides is 2. The quantitative estimate of drug-likeness (QED) is 0.179. The number of anilines is 2. The summed E-state index contributed by atoms with van der Waals surface area (Å²) in [6.07, 6.45) is 10.1. The molecule has 1 aromatic carbocycles. The SMILES string of the molecule is CCC1(CC)C(=O)N(C)c2ccc(OCCCN(CCc3cccnc3)Cc3ccncc3)cc2N(C)C1=O.Cl.Cl.Cl. The van der Waals surface area contributed by atoms with Crippen molar-refractivity contribution >= 4 is 60.4 Å². The van der Waals surface area contributed by atoms with Crippen molar-refractivity contribution < 1.29 is 14.3 Å². The molecule has 1 aliphatic heterocycles. The van der Waals surface area contributed by atoms with Crippen molar-refractivity contribution in [3.05, 3.63) is 78.4 Å². The third-order valence-corrected chi connectivity index (χ3v) is 7.79. The zero-order valence-corrected chi connectivity index (χ0v) is 27.1. The first kappa shape index (κ1) is 37.1. The molecule has 0 saturated heterocycles. The molecule has 0 fully saturated rings. The Morgan fingerprint density at radius 2 is 1.48 bits per heavy atom. The highest BCUT2D eigenvalue weighted by molar-refractivity contribution is 6.20. The summed E-state index contributed by atoms with van der Waals surface area (Å²) in [5.74, 6) is 0.365. The minimum absolute atomic E-state index is 0. The fourth-order valence-electron chi connectivity index (χ4n) is 5.28. The highest BCUT2D eigenvalue weighted by Gasteiger charge is 2.49. The zero-order valence-electron chi connectivity index (χ0n) is 24.7. The molecule has 0 saturated carbocycles. The minimum atomic E-state index is -1.04. The molecule has 0 spiro atoms. The van der Waals surface area contributed by atoms with E-state index in [2.05, 4.69) is 33.1 Å². The molecule has 4 rings (SSSR count). The molecule has 1 aliphatic rings. The minimum Gasteiger partial charge on any atom is -0.493 e. The molecule has 230 valence electrons. The molecular formula is C31H42Cl3N5O3. The van der Waals surface area contributed by atoms with Crippen LogP contribution < -0.4 is 14.5 Å². The largest absolute Gasteiger partial charge is 0.493 e. The van der Waals surface area contributed by atoms with Gasteiger partial charge in [0.25, 0.3) is 0 Å². The third-order valence-electron chi connectivity index (χ3n) is 7.79. The number of benzene rings is 1. The summed E-state index contributed by atoms with van der Waals surface area (Å²) in [4.78, 5) is 40.8. The molecule has 2 aromatic heterocycles. The van der Waals surface area contributed by atoms with Crippen molar-refractivity contribution in [2.24, 2.45) is 5.41 Å². The summed E-state index contributed by atoms with van der Waals surface area (Å²) in [5.41, 5.74) is 2.80. The Morgan fingerprint density at radius 3 is 2.10 bits per heavy atom. The van der Waals surface area contributed by atoms with Gasteiger partial charge in [0.05, 0.1) is 18.0 Å². The number of fused-ring (bicyclic) bond motifs is 1. The van der Waals surface area contributed by atoms with Crippen LogP contribution in [0.2, 0.25) is 0 Å². The second-order valence-corrected chi connectivity index (χ2v) is 10.1. The zero-order chi connectivity index (χ0) is 27.8. The van der Waals surface area contributed by atoms with Gasteiger partial charge in [0, 0.05) is 64.6 Å². The maximum Gasteiger partial charge on any atom is 0.242 e. The van der Waals surface area contributed by atoms with Crippen LogP contribution >= 0.6 is 37.2 Å². The van der Waals surface area contributed by atoms with Crippen LogP contribution in [0.1, 0.15) is 44.2 Å². The number of pyridine rings is 2. The van der Waals surface area contributed by atoms with Crippen LogP contribution in [-0.2, 0) is 22.6 Å². The van der Waals surface area contributed by atoms with Crippen molar-refractivity contribution in [3.63, 3.8) is 0 Å². The summed E-state index contributed by atoms with van der Waals surface area (Å²) < 4.78 is 6.14. The first-order chi connectivity index (χ1) is 18.9. The van der Waals surface area contributed by atoms with Crippen molar-refractivity contribution in [1.29, 1.82) is 0 Å². The second kappa shape index (κ2) is 17.3. The molecule has 0 bridgehead atoms. The van der Waals surface area contributed by atoms with Gasteiger partial charge in [-0.25, -0.2) is 0 Å². The van der Waals surface area contributed by atoms with E-state index >= 15 is 0 Å². The Balaban J connectivity index is 0.00000294. The third kappa shape index (κ3) is 8.34. The topological polar surface area (TPSA) is 78.9 Å². The van der Waals surface area contributed by atoms with E-state index in [-0.39, 0.29) is 49.0 Å². The van der Waals surface area contributed by atoms with E-state index in [4.69, 9.17) is 4.74 Å². The molecule has 11 heteroatoms. The molecule has 0 radical (unpaired) electrons. The Labute approximate surface area is 268 Å². The maximum atomic E-state index is 13.4. The van der Waals surface area contributed by atoms with Crippen LogP contribution in [-0.4, -0.2) is 60.5 Å². The van der Waals surface area contributed by atoms with E-state index in [1.807, 2.05) is 56.7 Å². The fraction of sp³-hybridized carbons (Fsp3) is 0.419. The molecule has 3 aromatic rings. The van der Waals surface area contributed by atoms with Crippen LogP contribution in [0.25, 0.3) is 0 Å². The second-order valence-electron chi connectivity index (χ2n) is 10.1. The van der Waals surface area contributed by atoms with E-state index in [9.17, 15) is 9.59 Å². The van der Waals surface area contributed by atoms with E-state index in [1.54, 1.807) is 30.1 Å². The molecule has 8 nitrogen and oxygen atoms in total. The lowest BCUT2D eigenvalue weighted by atomic mass is 9.79.